The average molecular weight is 376 g/mol. The Labute approximate surface area is 152 Å². The van der Waals surface area contributed by atoms with Crippen LogP contribution in [0.4, 0.5) is 18.0 Å². The van der Waals surface area contributed by atoms with Crippen molar-refractivity contribution in [2.75, 3.05) is 6.54 Å². The van der Waals surface area contributed by atoms with Gasteiger partial charge in [-0.1, -0.05) is 19.1 Å². The minimum Gasteiger partial charge on any atom is -0.319 e. The maximum absolute atomic E-state index is 13.3. The maximum atomic E-state index is 13.3. The highest BCUT2D eigenvalue weighted by atomic mass is 19.2. The molecule has 3 rings (SSSR count). The molecule has 1 aliphatic rings. The second-order valence-electron chi connectivity index (χ2n) is 6.14. The number of nitrogens with one attached hydrogen (secondary N) is 1. The second kappa shape index (κ2) is 6.86. The molecular weight excluding hydrogens is 361 g/mol. The normalized spacial score (nSPS) is 19.3. The van der Waals surface area contributed by atoms with E-state index in [0.29, 0.717) is 11.6 Å². The van der Waals surface area contributed by atoms with Crippen LogP contribution >= 0.6 is 0 Å². The lowest BCUT2D eigenvalue weighted by molar-refractivity contribution is -0.131. The average Bonchev–Trinajstić information content (AvgIpc) is 2.89. The number of imide groups is 1. The molecule has 27 heavy (non-hydrogen) atoms. The predicted molar refractivity (Wildman–Crippen MR) is 89.3 cm³/mol. The first-order valence-corrected chi connectivity index (χ1v) is 8.17. The Morgan fingerprint density at radius 3 is 2.30 bits per heavy atom. The summed E-state index contributed by atoms with van der Waals surface area (Å²) in [7, 11) is 0. The number of nitrogens with zero attached hydrogens (tertiary/aromatic N) is 1. The van der Waals surface area contributed by atoms with E-state index in [0.717, 1.165) is 17.0 Å². The summed E-state index contributed by atoms with van der Waals surface area (Å²) < 4.78 is 39.5. The second-order valence-corrected chi connectivity index (χ2v) is 6.14. The number of rotatable bonds is 5. The molecule has 1 aliphatic heterocycles. The summed E-state index contributed by atoms with van der Waals surface area (Å²) in [5, 5.41) is 2.56. The van der Waals surface area contributed by atoms with Gasteiger partial charge in [0.15, 0.2) is 17.4 Å². The molecule has 5 nitrogen and oxygen atoms in total. The number of hydrogen-bond donors (Lipinski definition) is 1. The van der Waals surface area contributed by atoms with Gasteiger partial charge in [-0.25, -0.2) is 18.0 Å². The van der Waals surface area contributed by atoms with E-state index in [-0.39, 0.29) is 12.0 Å². The van der Waals surface area contributed by atoms with Gasteiger partial charge in [-0.2, -0.15) is 0 Å². The third kappa shape index (κ3) is 3.18. The zero-order valence-electron chi connectivity index (χ0n) is 14.3. The Kier molecular flexibility index (Phi) is 4.73. The van der Waals surface area contributed by atoms with Crippen LogP contribution in [0, 0.1) is 17.5 Å². The molecule has 0 saturated carbocycles. The number of urea groups is 1. The number of hydrogen-bond acceptors (Lipinski definition) is 3. The van der Waals surface area contributed by atoms with Crippen LogP contribution < -0.4 is 5.32 Å². The summed E-state index contributed by atoms with van der Waals surface area (Å²) in [5.74, 6) is -4.19. The van der Waals surface area contributed by atoms with Crippen molar-refractivity contribution < 1.29 is 27.6 Å². The third-order valence-electron chi connectivity index (χ3n) is 4.59. The molecule has 0 unspecified atom stereocenters. The molecule has 1 fully saturated rings. The van der Waals surface area contributed by atoms with Gasteiger partial charge in [-0.3, -0.25) is 14.5 Å². The topological polar surface area (TPSA) is 66.5 Å². The number of benzene rings is 2. The maximum Gasteiger partial charge on any atom is 0.325 e. The van der Waals surface area contributed by atoms with Crippen molar-refractivity contribution in [1.82, 2.24) is 10.2 Å². The molecule has 0 radical (unpaired) electrons. The Hall–Kier alpha value is -3.16. The van der Waals surface area contributed by atoms with Gasteiger partial charge in [-0.05, 0) is 42.3 Å². The SMILES string of the molecule is CC[C@@]1(c2ccc(F)cc2)NC(=O)N(CC(=O)c2ccc(F)c(F)c2)C1=O. The van der Waals surface area contributed by atoms with Crippen molar-refractivity contribution in [3.05, 3.63) is 71.0 Å². The van der Waals surface area contributed by atoms with E-state index in [2.05, 4.69) is 5.32 Å². The van der Waals surface area contributed by atoms with Gasteiger partial charge in [0.1, 0.15) is 11.4 Å². The first-order valence-electron chi connectivity index (χ1n) is 8.17. The Bertz CT molecular complexity index is 930. The van der Waals surface area contributed by atoms with Crippen LogP contribution in [0.15, 0.2) is 42.5 Å². The van der Waals surface area contributed by atoms with Crippen molar-refractivity contribution in [3.63, 3.8) is 0 Å². The van der Waals surface area contributed by atoms with Gasteiger partial charge in [-0.15, -0.1) is 0 Å². The fourth-order valence-electron chi connectivity index (χ4n) is 3.05. The van der Waals surface area contributed by atoms with Crippen LogP contribution in [0.2, 0.25) is 0 Å². The van der Waals surface area contributed by atoms with E-state index < -0.39 is 47.3 Å². The van der Waals surface area contributed by atoms with Crippen molar-refractivity contribution in [2.24, 2.45) is 0 Å². The van der Waals surface area contributed by atoms with Gasteiger partial charge >= 0.3 is 6.03 Å². The van der Waals surface area contributed by atoms with Gasteiger partial charge in [0.25, 0.3) is 5.91 Å². The highest BCUT2D eigenvalue weighted by molar-refractivity contribution is 6.11. The van der Waals surface area contributed by atoms with Crippen LogP contribution in [0.5, 0.6) is 0 Å². The molecule has 1 atom stereocenters. The summed E-state index contributed by atoms with van der Waals surface area (Å²) in [4.78, 5) is 38.3. The van der Waals surface area contributed by atoms with Crippen LogP contribution in [0.1, 0.15) is 29.3 Å². The van der Waals surface area contributed by atoms with Crippen molar-refractivity contribution in [1.29, 1.82) is 0 Å². The van der Waals surface area contributed by atoms with Crippen molar-refractivity contribution >= 4 is 17.7 Å². The van der Waals surface area contributed by atoms with E-state index in [4.69, 9.17) is 0 Å². The van der Waals surface area contributed by atoms with Crippen LogP contribution in [0.25, 0.3) is 0 Å². The number of carbonyl (C=O) groups is 3. The fourth-order valence-corrected chi connectivity index (χ4v) is 3.05. The van der Waals surface area contributed by atoms with E-state index in [1.165, 1.54) is 24.3 Å². The quantitative estimate of drug-likeness (QED) is 0.644. The Morgan fingerprint density at radius 2 is 1.70 bits per heavy atom. The monoisotopic (exact) mass is 376 g/mol. The molecule has 0 bridgehead atoms. The Balaban J connectivity index is 1.87. The first kappa shape index (κ1) is 18.6. The first-order chi connectivity index (χ1) is 12.8. The predicted octanol–water partition coefficient (Wildman–Crippen LogP) is 3.14. The summed E-state index contributed by atoms with van der Waals surface area (Å²) >= 11 is 0. The van der Waals surface area contributed by atoms with Gasteiger partial charge in [0.05, 0.1) is 6.54 Å². The molecule has 2 aromatic rings. The van der Waals surface area contributed by atoms with Gasteiger partial charge < -0.3 is 5.32 Å². The molecule has 0 spiro atoms. The standard InChI is InChI=1S/C19H15F3N2O3/c1-2-19(12-4-6-13(20)7-5-12)17(26)24(18(27)23-19)10-16(25)11-3-8-14(21)15(22)9-11/h3-9H,2,10H2,1H3,(H,23,27)/t19-/m0/s1. The van der Waals surface area contributed by atoms with Gasteiger partial charge in [0, 0.05) is 5.56 Å². The molecule has 2 aromatic carbocycles. The zero-order valence-corrected chi connectivity index (χ0v) is 14.3. The lowest BCUT2D eigenvalue weighted by Crippen LogP contribution is -2.43. The zero-order chi connectivity index (χ0) is 19.8. The molecule has 0 aromatic heterocycles. The Morgan fingerprint density at radius 1 is 1.04 bits per heavy atom. The van der Waals surface area contributed by atoms with Crippen LogP contribution in [-0.4, -0.2) is 29.2 Å². The number of ketones is 1. The summed E-state index contributed by atoms with van der Waals surface area (Å²) in [6.07, 6.45) is 0.180. The van der Waals surface area contributed by atoms with Crippen LogP contribution in [-0.2, 0) is 10.3 Å². The summed E-state index contributed by atoms with van der Waals surface area (Å²) in [6, 6.07) is 6.90. The highest BCUT2D eigenvalue weighted by Gasteiger charge is 2.51. The summed E-state index contributed by atoms with van der Waals surface area (Å²) in [5.41, 5.74) is -1.20. The third-order valence-corrected chi connectivity index (χ3v) is 4.59. The lowest BCUT2D eigenvalue weighted by Gasteiger charge is -2.25. The lowest BCUT2D eigenvalue weighted by atomic mass is 9.87. The van der Waals surface area contributed by atoms with E-state index in [1.54, 1.807) is 6.92 Å². The smallest absolute Gasteiger partial charge is 0.319 e. The molecule has 8 heteroatoms. The molecule has 0 aliphatic carbocycles. The van der Waals surface area contributed by atoms with E-state index in [1.807, 2.05) is 0 Å². The number of Topliss-reactive ketones (excluding diaryl/α,β-unsaturated/α-hetero) is 1. The van der Waals surface area contributed by atoms with E-state index in [9.17, 15) is 27.6 Å². The minimum atomic E-state index is -1.42. The number of carbonyl (C=O) groups excluding carboxylic acids is 3. The molecule has 1 saturated heterocycles. The van der Waals surface area contributed by atoms with Gasteiger partial charge in [0.2, 0.25) is 0 Å². The molecular formula is C19H15F3N2O3. The molecule has 1 N–H and O–H groups in total. The molecule has 1 heterocycles. The number of amides is 3. The largest absolute Gasteiger partial charge is 0.325 e. The van der Waals surface area contributed by atoms with Crippen molar-refractivity contribution in [2.45, 2.75) is 18.9 Å². The van der Waals surface area contributed by atoms with E-state index >= 15 is 0 Å². The molecule has 3 amide bonds. The highest BCUT2D eigenvalue weighted by Crippen LogP contribution is 2.32. The fraction of sp³-hybridized carbons (Fsp3) is 0.211. The molecule has 140 valence electrons. The summed E-state index contributed by atoms with van der Waals surface area (Å²) in [6.45, 7) is 1.04. The van der Waals surface area contributed by atoms with Crippen molar-refractivity contribution in [3.8, 4) is 0 Å². The number of halogens is 3. The minimum absolute atomic E-state index is 0.162. The van der Waals surface area contributed by atoms with Crippen LogP contribution in [0.3, 0.4) is 0 Å².